The van der Waals surface area contributed by atoms with Gasteiger partial charge in [0, 0.05) is 12.5 Å². The van der Waals surface area contributed by atoms with E-state index in [1.807, 2.05) is 30.3 Å². The summed E-state index contributed by atoms with van der Waals surface area (Å²) in [6.07, 6.45) is 6.89. The minimum Gasteiger partial charge on any atom is -0.508 e. The highest BCUT2D eigenvalue weighted by Gasteiger charge is 2.39. The molecule has 7 nitrogen and oxygen atoms in total. The number of hydrogen-bond acceptors (Lipinski definition) is 5. The number of carbonyl (C=O) groups is 2. The molecule has 2 amide bonds. The van der Waals surface area contributed by atoms with Crippen molar-refractivity contribution in [2.75, 3.05) is 19.8 Å². The number of rotatable bonds is 16. The Kier molecular flexibility index (Phi) is 11.9. The molecule has 4 rings (SSSR count). The highest BCUT2D eigenvalue weighted by molar-refractivity contribution is 5.87. The summed E-state index contributed by atoms with van der Waals surface area (Å²) in [6, 6.07) is 23.3. The number of aromatic hydroxyl groups is 1. The van der Waals surface area contributed by atoms with Crippen molar-refractivity contribution in [3.8, 4) is 5.75 Å². The van der Waals surface area contributed by atoms with E-state index in [2.05, 4.69) is 22.5 Å². The van der Waals surface area contributed by atoms with Crippen molar-refractivity contribution >= 4 is 11.8 Å². The molecule has 0 bridgehead atoms. The number of carbonyl (C=O) groups excluding carboxylic acids is 2. The molecule has 0 saturated carbocycles. The van der Waals surface area contributed by atoms with E-state index in [0.29, 0.717) is 39.0 Å². The smallest absolute Gasteiger partial charge is 0.259 e. The monoisotopic (exact) mass is 574 g/mol. The average molecular weight is 575 g/mol. The molecule has 2 atom stereocenters. The number of benzene rings is 3. The van der Waals surface area contributed by atoms with Crippen LogP contribution in [0.4, 0.5) is 4.39 Å². The Labute approximate surface area is 248 Å². The second kappa shape index (κ2) is 16.0. The van der Waals surface area contributed by atoms with Gasteiger partial charge >= 0.3 is 0 Å². The van der Waals surface area contributed by atoms with Crippen molar-refractivity contribution in [2.24, 2.45) is 11.7 Å². The maximum absolute atomic E-state index is 13.6. The van der Waals surface area contributed by atoms with Gasteiger partial charge in [-0.25, -0.2) is 9.40 Å². The van der Waals surface area contributed by atoms with Gasteiger partial charge in [0.15, 0.2) is 0 Å². The summed E-state index contributed by atoms with van der Waals surface area (Å²) in [7, 11) is 0. The summed E-state index contributed by atoms with van der Waals surface area (Å²) in [4.78, 5) is 29.3. The number of hydrogen-bond donors (Lipinski definition) is 3. The fraction of sp³-hybridized carbons (Fsp3) is 0.412. The van der Waals surface area contributed by atoms with Crippen molar-refractivity contribution in [2.45, 2.75) is 63.8 Å². The second-order valence-electron chi connectivity index (χ2n) is 11.2. The van der Waals surface area contributed by atoms with Crippen LogP contribution in [0.3, 0.4) is 0 Å². The molecular formula is C34H43FN4O3. The maximum atomic E-state index is 13.6. The molecule has 4 N–H and O–H groups in total. The van der Waals surface area contributed by atoms with Gasteiger partial charge in [0.05, 0.1) is 12.7 Å². The average Bonchev–Trinajstić information content (AvgIpc) is 3.28. The predicted molar refractivity (Wildman–Crippen MR) is 163 cm³/mol. The molecule has 1 heterocycles. The first-order valence-corrected chi connectivity index (χ1v) is 15.0. The lowest BCUT2D eigenvalue weighted by Gasteiger charge is -2.23. The minimum atomic E-state index is -0.403. The van der Waals surface area contributed by atoms with E-state index in [0.717, 1.165) is 49.7 Å². The number of amides is 2. The van der Waals surface area contributed by atoms with Crippen molar-refractivity contribution in [3.05, 3.63) is 101 Å². The maximum Gasteiger partial charge on any atom is 0.259 e. The van der Waals surface area contributed by atoms with Crippen molar-refractivity contribution in [1.29, 1.82) is 0 Å². The standard InChI is InChI=1S/C34H43FN4O3/c35-30-18-14-27(15-19-30)10-6-13-29(12-4-5-22-36)33(41)37-39-25-38(23-7-11-26-8-2-1-3-9-26)32(34(39)42)24-28-16-20-31(40)21-17-28/h1-3,8-9,14-21,29,32,40H,4-7,10-13,22-25,36H2,(H,37,41)/t29?,32-/m1/s1. The van der Waals surface area contributed by atoms with Crippen LogP contribution in [-0.4, -0.2) is 52.6 Å². The van der Waals surface area contributed by atoms with Gasteiger partial charge in [-0.15, -0.1) is 0 Å². The second-order valence-corrected chi connectivity index (χ2v) is 11.2. The molecule has 0 aromatic heterocycles. The number of unbranched alkanes of at least 4 members (excludes halogenated alkanes) is 1. The summed E-state index contributed by atoms with van der Waals surface area (Å²) in [5.41, 5.74) is 11.9. The molecule has 1 aliphatic rings. The van der Waals surface area contributed by atoms with E-state index in [1.165, 1.54) is 22.7 Å². The Morgan fingerprint density at radius 3 is 2.24 bits per heavy atom. The lowest BCUT2D eigenvalue weighted by Crippen LogP contribution is -2.47. The van der Waals surface area contributed by atoms with Crippen LogP contribution >= 0.6 is 0 Å². The van der Waals surface area contributed by atoms with Crippen LogP contribution < -0.4 is 11.2 Å². The lowest BCUT2D eigenvalue weighted by atomic mass is 9.94. The topological polar surface area (TPSA) is 98.9 Å². The summed E-state index contributed by atoms with van der Waals surface area (Å²) in [5, 5.41) is 11.2. The van der Waals surface area contributed by atoms with Gasteiger partial charge < -0.3 is 10.8 Å². The quantitative estimate of drug-likeness (QED) is 0.210. The number of nitrogens with two attached hydrogens (primary N) is 1. The van der Waals surface area contributed by atoms with Gasteiger partial charge in [0.25, 0.3) is 5.91 Å². The molecule has 1 unspecified atom stereocenters. The Bertz CT molecular complexity index is 1250. The normalized spacial score (nSPS) is 16.1. The Hall–Kier alpha value is -3.75. The fourth-order valence-corrected chi connectivity index (χ4v) is 5.58. The largest absolute Gasteiger partial charge is 0.508 e. The van der Waals surface area contributed by atoms with Crippen LogP contribution in [-0.2, 0) is 28.9 Å². The Morgan fingerprint density at radius 1 is 0.881 bits per heavy atom. The molecule has 3 aromatic rings. The molecule has 42 heavy (non-hydrogen) atoms. The van der Waals surface area contributed by atoms with Crippen LogP contribution in [0.2, 0.25) is 0 Å². The zero-order chi connectivity index (χ0) is 29.7. The van der Waals surface area contributed by atoms with E-state index in [9.17, 15) is 19.1 Å². The summed E-state index contributed by atoms with van der Waals surface area (Å²) in [6.45, 7) is 1.62. The molecule has 1 aliphatic heterocycles. The molecular weight excluding hydrogens is 531 g/mol. The van der Waals surface area contributed by atoms with Crippen molar-refractivity contribution < 1.29 is 19.1 Å². The molecule has 224 valence electrons. The third-order valence-corrected chi connectivity index (χ3v) is 7.99. The number of nitrogens with zero attached hydrogens (tertiary/aromatic N) is 2. The van der Waals surface area contributed by atoms with Crippen LogP contribution in [0.5, 0.6) is 5.75 Å². The summed E-state index contributed by atoms with van der Waals surface area (Å²) >= 11 is 0. The van der Waals surface area contributed by atoms with Crippen LogP contribution in [0.1, 0.15) is 55.2 Å². The molecule has 0 spiro atoms. The minimum absolute atomic E-state index is 0.122. The number of halogens is 1. The first-order valence-electron chi connectivity index (χ1n) is 15.0. The van der Waals surface area contributed by atoms with Gasteiger partial charge in [0.2, 0.25) is 5.91 Å². The van der Waals surface area contributed by atoms with E-state index < -0.39 is 6.04 Å². The van der Waals surface area contributed by atoms with E-state index in [-0.39, 0.29) is 29.3 Å². The van der Waals surface area contributed by atoms with Crippen LogP contribution in [0.25, 0.3) is 0 Å². The predicted octanol–water partition coefficient (Wildman–Crippen LogP) is 4.98. The first kappa shape index (κ1) is 31.2. The zero-order valence-corrected chi connectivity index (χ0v) is 24.3. The number of hydrazine groups is 1. The van der Waals surface area contributed by atoms with E-state index >= 15 is 0 Å². The van der Waals surface area contributed by atoms with Gasteiger partial charge in [-0.2, -0.15) is 0 Å². The van der Waals surface area contributed by atoms with Gasteiger partial charge in [-0.1, -0.05) is 61.0 Å². The highest BCUT2D eigenvalue weighted by atomic mass is 19.1. The van der Waals surface area contributed by atoms with Crippen molar-refractivity contribution in [3.63, 3.8) is 0 Å². The number of nitrogens with one attached hydrogen (secondary N) is 1. The SMILES string of the molecule is NCCCCC(CCCc1ccc(F)cc1)C(=O)NN1CN(CCCc2ccccc2)[C@H](Cc2ccc(O)cc2)C1=O. The molecule has 8 heteroatoms. The van der Waals surface area contributed by atoms with Gasteiger partial charge in [-0.3, -0.25) is 19.9 Å². The van der Waals surface area contributed by atoms with Gasteiger partial charge in [-0.05, 0) is 98.9 Å². The van der Waals surface area contributed by atoms with Gasteiger partial charge in [0.1, 0.15) is 11.6 Å². The van der Waals surface area contributed by atoms with E-state index in [4.69, 9.17) is 5.73 Å². The van der Waals surface area contributed by atoms with Crippen molar-refractivity contribution in [1.82, 2.24) is 15.3 Å². The first-order chi connectivity index (χ1) is 20.4. The fourth-order valence-electron chi connectivity index (χ4n) is 5.58. The third kappa shape index (κ3) is 9.39. The summed E-state index contributed by atoms with van der Waals surface area (Å²) in [5.74, 6) is -0.583. The molecule has 0 radical (unpaired) electrons. The number of phenols is 1. The zero-order valence-electron chi connectivity index (χ0n) is 24.3. The summed E-state index contributed by atoms with van der Waals surface area (Å²) < 4.78 is 13.3. The Balaban J connectivity index is 1.39. The van der Waals surface area contributed by atoms with Crippen LogP contribution in [0.15, 0.2) is 78.9 Å². The highest BCUT2D eigenvalue weighted by Crippen LogP contribution is 2.22. The lowest BCUT2D eigenvalue weighted by molar-refractivity contribution is -0.141. The third-order valence-electron chi connectivity index (χ3n) is 7.99. The molecule has 0 aliphatic carbocycles. The molecule has 3 aromatic carbocycles. The number of aryl methyl sites for hydroxylation is 2. The Morgan fingerprint density at radius 2 is 1.52 bits per heavy atom. The van der Waals surface area contributed by atoms with E-state index in [1.54, 1.807) is 24.3 Å². The molecule has 1 fully saturated rings. The van der Waals surface area contributed by atoms with Crippen LogP contribution in [0, 0.1) is 11.7 Å². The number of phenolic OH excluding ortho intramolecular Hbond substituents is 1. The molecule has 1 saturated heterocycles.